The molecule has 0 aliphatic carbocycles. The Morgan fingerprint density at radius 1 is 1.32 bits per heavy atom. The highest BCUT2D eigenvalue weighted by Crippen LogP contribution is 2.26. The molecule has 0 atom stereocenters. The van der Waals surface area contributed by atoms with Crippen LogP contribution in [0, 0.1) is 30.9 Å². The quantitative estimate of drug-likeness (QED) is 0.657. The molecule has 0 spiro atoms. The first kappa shape index (κ1) is 13.7. The summed E-state index contributed by atoms with van der Waals surface area (Å²) >= 11 is 3.30. The molecule has 2 rings (SSSR count). The van der Waals surface area contributed by atoms with Crippen LogP contribution in [0.5, 0.6) is 0 Å². The van der Waals surface area contributed by atoms with Crippen LogP contribution in [-0.2, 0) is 0 Å². The van der Waals surface area contributed by atoms with E-state index >= 15 is 0 Å². The van der Waals surface area contributed by atoms with Gasteiger partial charge in [-0.2, -0.15) is 5.10 Å². The Morgan fingerprint density at radius 3 is 2.21 bits per heavy atom. The second kappa shape index (κ2) is 4.73. The molecule has 1 aromatic heterocycles. The van der Waals surface area contributed by atoms with Crippen molar-refractivity contribution in [2.75, 3.05) is 0 Å². The van der Waals surface area contributed by atoms with E-state index in [0.29, 0.717) is 15.9 Å². The van der Waals surface area contributed by atoms with Crippen molar-refractivity contribution in [3.63, 3.8) is 0 Å². The second-order valence-corrected chi connectivity index (χ2v) is 4.89. The van der Waals surface area contributed by atoms with Crippen molar-refractivity contribution >= 4 is 21.8 Å². The Kier molecular flexibility index (Phi) is 3.40. The summed E-state index contributed by atoms with van der Waals surface area (Å²) in [5.74, 6) is -2.02. The summed E-state index contributed by atoms with van der Waals surface area (Å²) in [4.78, 5) is 0. The lowest BCUT2D eigenvalue weighted by Crippen LogP contribution is -2.14. The lowest BCUT2D eigenvalue weighted by molar-refractivity contribution is 0.556. The van der Waals surface area contributed by atoms with Crippen molar-refractivity contribution in [3.05, 3.63) is 45.2 Å². The molecule has 0 radical (unpaired) electrons. The van der Waals surface area contributed by atoms with Gasteiger partial charge < -0.3 is 5.73 Å². The average Bonchev–Trinajstić information content (AvgIpc) is 2.56. The fourth-order valence-electron chi connectivity index (χ4n) is 1.76. The summed E-state index contributed by atoms with van der Waals surface area (Å²) in [7, 11) is 0. The number of benzene rings is 1. The molecular formula is C12H11BrF2N4. The maximum atomic E-state index is 14.0. The maximum absolute atomic E-state index is 14.0. The van der Waals surface area contributed by atoms with E-state index in [9.17, 15) is 8.78 Å². The van der Waals surface area contributed by atoms with Gasteiger partial charge in [0.15, 0.2) is 11.6 Å². The van der Waals surface area contributed by atoms with E-state index in [2.05, 4.69) is 21.0 Å². The molecule has 7 heteroatoms. The number of halogens is 3. The number of nitrogens with zero attached hydrogens (tertiary/aromatic N) is 2. The van der Waals surface area contributed by atoms with Crippen molar-refractivity contribution in [1.29, 1.82) is 5.41 Å². The standard InChI is InChI=1S/C12H11BrF2N4/c1-5-10(13)6(2)19(18-5)11-8(14)3-7(12(16)17)4-9(11)15/h3-4H,1-2H3,(H3,16,17). The number of amidine groups is 1. The largest absolute Gasteiger partial charge is 0.384 e. The Bertz CT molecular complexity index is 656. The minimum Gasteiger partial charge on any atom is -0.384 e. The van der Waals surface area contributed by atoms with E-state index in [1.54, 1.807) is 13.8 Å². The lowest BCUT2D eigenvalue weighted by atomic mass is 10.1. The van der Waals surface area contributed by atoms with E-state index in [1.165, 1.54) is 4.68 Å². The van der Waals surface area contributed by atoms with Crippen molar-refractivity contribution < 1.29 is 8.78 Å². The summed E-state index contributed by atoms with van der Waals surface area (Å²) in [5, 5.41) is 11.3. The molecule has 0 aliphatic rings. The molecule has 0 saturated carbocycles. The first-order chi connectivity index (χ1) is 8.82. The molecule has 2 aromatic rings. The van der Waals surface area contributed by atoms with Gasteiger partial charge in [0.1, 0.15) is 11.5 Å². The third-order valence-corrected chi connectivity index (χ3v) is 3.89. The number of aryl methyl sites for hydroxylation is 1. The van der Waals surface area contributed by atoms with Gasteiger partial charge in [0.05, 0.1) is 15.9 Å². The third-order valence-electron chi connectivity index (χ3n) is 2.74. The molecule has 100 valence electrons. The van der Waals surface area contributed by atoms with E-state index in [-0.39, 0.29) is 17.1 Å². The second-order valence-electron chi connectivity index (χ2n) is 4.10. The Hall–Kier alpha value is -1.76. The minimum absolute atomic E-state index is 0.000605. The lowest BCUT2D eigenvalue weighted by Gasteiger charge is -2.09. The normalized spacial score (nSPS) is 10.8. The van der Waals surface area contributed by atoms with Crippen molar-refractivity contribution in [2.24, 2.45) is 5.73 Å². The number of aromatic nitrogens is 2. The maximum Gasteiger partial charge on any atom is 0.152 e. The van der Waals surface area contributed by atoms with Crippen LogP contribution in [0.3, 0.4) is 0 Å². The van der Waals surface area contributed by atoms with Crippen LogP contribution in [0.25, 0.3) is 5.69 Å². The molecule has 0 aliphatic heterocycles. The first-order valence-electron chi connectivity index (χ1n) is 5.38. The van der Waals surface area contributed by atoms with Crippen LogP contribution >= 0.6 is 15.9 Å². The van der Waals surface area contributed by atoms with Crippen molar-refractivity contribution in [3.8, 4) is 5.69 Å². The number of rotatable bonds is 2. The number of nitrogen functional groups attached to an aromatic ring is 1. The van der Waals surface area contributed by atoms with E-state index in [0.717, 1.165) is 12.1 Å². The molecule has 4 nitrogen and oxygen atoms in total. The number of hydrogen-bond acceptors (Lipinski definition) is 2. The fourth-order valence-corrected chi connectivity index (χ4v) is 2.01. The van der Waals surface area contributed by atoms with Gasteiger partial charge in [-0.15, -0.1) is 0 Å². The van der Waals surface area contributed by atoms with Crippen LogP contribution in [0.1, 0.15) is 17.0 Å². The smallest absolute Gasteiger partial charge is 0.152 e. The Morgan fingerprint density at radius 2 is 1.84 bits per heavy atom. The summed E-state index contributed by atoms with van der Waals surface area (Å²) in [6, 6.07) is 2.04. The van der Waals surface area contributed by atoms with Crippen LogP contribution < -0.4 is 5.73 Å². The highest BCUT2D eigenvalue weighted by molar-refractivity contribution is 9.10. The Balaban J connectivity index is 2.69. The van der Waals surface area contributed by atoms with E-state index in [4.69, 9.17) is 11.1 Å². The van der Waals surface area contributed by atoms with Gasteiger partial charge in [-0.25, -0.2) is 13.5 Å². The molecule has 3 N–H and O–H groups in total. The molecule has 1 heterocycles. The van der Waals surface area contributed by atoms with Crippen molar-refractivity contribution in [2.45, 2.75) is 13.8 Å². The predicted molar refractivity (Wildman–Crippen MR) is 71.7 cm³/mol. The zero-order valence-corrected chi connectivity index (χ0v) is 11.8. The summed E-state index contributed by atoms with van der Waals surface area (Å²) in [6.45, 7) is 3.43. The molecule has 1 aromatic carbocycles. The third kappa shape index (κ3) is 2.25. The molecule has 0 saturated heterocycles. The van der Waals surface area contributed by atoms with Crippen LogP contribution in [0.4, 0.5) is 8.78 Å². The zero-order chi connectivity index (χ0) is 14.3. The van der Waals surface area contributed by atoms with Gasteiger partial charge in [-0.3, -0.25) is 5.41 Å². The van der Waals surface area contributed by atoms with Gasteiger partial charge >= 0.3 is 0 Å². The molecule has 0 fully saturated rings. The number of hydrogen-bond donors (Lipinski definition) is 2. The number of nitrogens with two attached hydrogens (primary N) is 1. The first-order valence-corrected chi connectivity index (χ1v) is 6.17. The van der Waals surface area contributed by atoms with Gasteiger partial charge in [0.25, 0.3) is 0 Å². The highest BCUT2D eigenvalue weighted by Gasteiger charge is 2.19. The van der Waals surface area contributed by atoms with Gasteiger partial charge in [0, 0.05) is 5.56 Å². The van der Waals surface area contributed by atoms with Crippen molar-refractivity contribution in [1.82, 2.24) is 9.78 Å². The summed E-state index contributed by atoms with van der Waals surface area (Å²) < 4.78 is 29.9. The van der Waals surface area contributed by atoms with Gasteiger partial charge in [-0.1, -0.05) is 0 Å². The SMILES string of the molecule is Cc1nn(-c2c(F)cc(C(=N)N)cc2F)c(C)c1Br. The zero-order valence-electron chi connectivity index (χ0n) is 10.3. The number of nitrogens with one attached hydrogen (secondary N) is 1. The molecule has 19 heavy (non-hydrogen) atoms. The van der Waals surface area contributed by atoms with E-state index in [1.807, 2.05) is 0 Å². The summed E-state index contributed by atoms with van der Waals surface area (Å²) in [5.41, 5.74) is 6.16. The van der Waals surface area contributed by atoms with Crippen LogP contribution in [-0.4, -0.2) is 15.6 Å². The highest BCUT2D eigenvalue weighted by atomic mass is 79.9. The Labute approximate surface area is 116 Å². The fraction of sp³-hybridized carbons (Fsp3) is 0.167. The van der Waals surface area contributed by atoms with Gasteiger partial charge in [-0.05, 0) is 41.9 Å². The minimum atomic E-state index is -0.816. The molecule has 0 amide bonds. The van der Waals surface area contributed by atoms with Crippen LogP contribution in [0.2, 0.25) is 0 Å². The monoisotopic (exact) mass is 328 g/mol. The van der Waals surface area contributed by atoms with Crippen LogP contribution in [0.15, 0.2) is 16.6 Å². The van der Waals surface area contributed by atoms with E-state index < -0.39 is 11.6 Å². The molecular weight excluding hydrogens is 318 g/mol. The predicted octanol–water partition coefficient (Wildman–Crippen LogP) is 2.81. The molecule has 0 unspecified atom stereocenters. The van der Waals surface area contributed by atoms with Gasteiger partial charge in [0.2, 0.25) is 0 Å². The topological polar surface area (TPSA) is 67.7 Å². The summed E-state index contributed by atoms with van der Waals surface area (Å²) in [6.07, 6.45) is 0. The average molecular weight is 329 g/mol. The molecule has 0 bridgehead atoms.